The van der Waals surface area contributed by atoms with Gasteiger partial charge in [0.05, 0.1) is 5.69 Å². The molecule has 20 heavy (non-hydrogen) atoms. The highest BCUT2D eigenvalue weighted by atomic mass is 16.5. The summed E-state index contributed by atoms with van der Waals surface area (Å²) in [5, 5.41) is 6.71. The minimum atomic E-state index is -0.199. The number of amides is 1. The van der Waals surface area contributed by atoms with Crippen LogP contribution in [0.4, 0.5) is 0 Å². The van der Waals surface area contributed by atoms with Crippen molar-refractivity contribution in [3.05, 3.63) is 17.5 Å². The van der Waals surface area contributed by atoms with Crippen LogP contribution in [0.2, 0.25) is 0 Å². The molecule has 0 aromatic carbocycles. The van der Waals surface area contributed by atoms with Crippen molar-refractivity contribution in [2.75, 3.05) is 40.4 Å². The van der Waals surface area contributed by atoms with Crippen molar-refractivity contribution in [1.82, 2.24) is 15.4 Å². The Hall–Kier alpha value is -1.40. The summed E-state index contributed by atoms with van der Waals surface area (Å²) < 4.78 is 10.4. The smallest absolute Gasteiger partial charge is 0.289 e. The Morgan fingerprint density at radius 1 is 1.45 bits per heavy atom. The highest BCUT2D eigenvalue weighted by Crippen LogP contribution is 2.30. The van der Waals surface area contributed by atoms with E-state index < -0.39 is 0 Å². The van der Waals surface area contributed by atoms with Crippen molar-refractivity contribution in [1.29, 1.82) is 0 Å². The van der Waals surface area contributed by atoms with Crippen molar-refractivity contribution < 1.29 is 14.1 Å². The van der Waals surface area contributed by atoms with Crippen molar-refractivity contribution in [3.63, 3.8) is 0 Å². The second kappa shape index (κ2) is 6.37. The Kier molecular flexibility index (Phi) is 4.77. The van der Waals surface area contributed by atoms with Crippen LogP contribution in [0.5, 0.6) is 0 Å². The Balaban J connectivity index is 1.96. The van der Waals surface area contributed by atoms with Gasteiger partial charge in [0.1, 0.15) is 0 Å². The number of nitrogens with zero attached hydrogens (tertiary/aromatic N) is 2. The quantitative estimate of drug-likeness (QED) is 0.874. The van der Waals surface area contributed by atoms with Gasteiger partial charge in [0.15, 0.2) is 0 Å². The number of aryl methyl sites for hydroxylation is 1. The molecule has 1 aromatic heterocycles. The SMILES string of the molecule is Cc1cc(C(=O)NCC2(CN(C)C)CCOCC2)on1. The molecule has 0 radical (unpaired) electrons. The minimum Gasteiger partial charge on any atom is -0.381 e. The second-order valence-corrected chi connectivity index (χ2v) is 5.87. The summed E-state index contributed by atoms with van der Waals surface area (Å²) in [6.45, 7) is 4.88. The first-order valence-electron chi connectivity index (χ1n) is 6.95. The normalized spacial score (nSPS) is 18.2. The van der Waals surface area contributed by atoms with E-state index in [1.165, 1.54) is 0 Å². The van der Waals surface area contributed by atoms with E-state index in [-0.39, 0.29) is 17.1 Å². The molecule has 1 aliphatic rings. The van der Waals surface area contributed by atoms with Crippen molar-refractivity contribution in [3.8, 4) is 0 Å². The molecule has 0 atom stereocenters. The van der Waals surface area contributed by atoms with Gasteiger partial charge in [-0.3, -0.25) is 4.79 Å². The number of aromatic nitrogens is 1. The average Bonchev–Trinajstić information content (AvgIpc) is 2.83. The molecule has 0 saturated carbocycles. The van der Waals surface area contributed by atoms with Crippen LogP contribution >= 0.6 is 0 Å². The molecule has 0 spiro atoms. The summed E-state index contributed by atoms with van der Waals surface area (Å²) in [5.74, 6) is 0.0739. The van der Waals surface area contributed by atoms with E-state index in [2.05, 4.69) is 29.5 Å². The molecule has 6 heteroatoms. The third kappa shape index (κ3) is 3.80. The van der Waals surface area contributed by atoms with Gasteiger partial charge in [-0.05, 0) is 33.9 Å². The van der Waals surface area contributed by atoms with Crippen LogP contribution in [0, 0.1) is 12.3 Å². The van der Waals surface area contributed by atoms with Gasteiger partial charge < -0.3 is 19.5 Å². The van der Waals surface area contributed by atoms with Crippen LogP contribution in [0.1, 0.15) is 29.1 Å². The van der Waals surface area contributed by atoms with Crippen LogP contribution in [-0.4, -0.2) is 56.4 Å². The average molecular weight is 281 g/mol. The lowest BCUT2D eigenvalue weighted by atomic mass is 9.79. The highest BCUT2D eigenvalue weighted by Gasteiger charge is 2.33. The maximum Gasteiger partial charge on any atom is 0.289 e. The molecule has 2 rings (SSSR count). The van der Waals surface area contributed by atoms with Gasteiger partial charge in [0, 0.05) is 37.8 Å². The Morgan fingerprint density at radius 2 is 2.15 bits per heavy atom. The zero-order valence-corrected chi connectivity index (χ0v) is 12.4. The molecule has 1 saturated heterocycles. The Bertz CT molecular complexity index is 450. The first-order valence-corrected chi connectivity index (χ1v) is 6.95. The number of hydrogen-bond acceptors (Lipinski definition) is 5. The van der Waals surface area contributed by atoms with Gasteiger partial charge >= 0.3 is 0 Å². The van der Waals surface area contributed by atoms with Crippen LogP contribution in [0.15, 0.2) is 10.6 Å². The summed E-state index contributed by atoms with van der Waals surface area (Å²) in [5.41, 5.74) is 0.788. The first-order chi connectivity index (χ1) is 9.51. The molecule has 0 bridgehead atoms. The monoisotopic (exact) mass is 281 g/mol. The largest absolute Gasteiger partial charge is 0.381 e. The molecule has 112 valence electrons. The lowest BCUT2D eigenvalue weighted by molar-refractivity contribution is 0.00269. The molecule has 0 aliphatic carbocycles. The summed E-state index contributed by atoms with van der Waals surface area (Å²) in [7, 11) is 4.11. The topological polar surface area (TPSA) is 67.6 Å². The van der Waals surface area contributed by atoms with E-state index in [4.69, 9.17) is 9.26 Å². The highest BCUT2D eigenvalue weighted by molar-refractivity contribution is 5.91. The van der Waals surface area contributed by atoms with Gasteiger partial charge in [-0.25, -0.2) is 0 Å². The maximum absolute atomic E-state index is 12.0. The fourth-order valence-corrected chi connectivity index (χ4v) is 2.69. The van der Waals surface area contributed by atoms with E-state index in [0.29, 0.717) is 12.2 Å². The molecular weight excluding hydrogens is 258 g/mol. The second-order valence-electron chi connectivity index (χ2n) is 5.87. The lowest BCUT2D eigenvalue weighted by Gasteiger charge is -2.39. The predicted octanol–water partition coefficient (Wildman–Crippen LogP) is 1.07. The van der Waals surface area contributed by atoms with Gasteiger partial charge in [-0.1, -0.05) is 5.16 Å². The zero-order valence-electron chi connectivity index (χ0n) is 12.4. The number of hydrogen-bond donors (Lipinski definition) is 1. The van der Waals surface area contributed by atoms with Crippen molar-refractivity contribution >= 4 is 5.91 Å². The fourth-order valence-electron chi connectivity index (χ4n) is 2.69. The molecule has 0 unspecified atom stereocenters. The number of carbonyl (C=O) groups excluding carboxylic acids is 1. The van der Waals surface area contributed by atoms with Gasteiger partial charge in [0.2, 0.25) is 5.76 Å². The number of ether oxygens (including phenoxy) is 1. The minimum absolute atomic E-state index is 0.0759. The standard InChI is InChI=1S/C14H23N3O3/c1-11-8-12(20-16-11)13(18)15-9-14(10-17(2)3)4-6-19-7-5-14/h8H,4-7,9-10H2,1-3H3,(H,15,18). The predicted molar refractivity (Wildman–Crippen MR) is 74.6 cm³/mol. The molecule has 1 amide bonds. The lowest BCUT2D eigenvalue weighted by Crippen LogP contribution is -2.47. The van der Waals surface area contributed by atoms with E-state index >= 15 is 0 Å². The van der Waals surface area contributed by atoms with Gasteiger partial charge in [0.25, 0.3) is 5.91 Å². The van der Waals surface area contributed by atoms with Crippen LogP contribution in [0.25, 0.3) is 0 Å². The third-order valence-electron chi connectivity index (χ3n) is 3.68. The summed E-state index contributed by atoms with van der Waals surface area (Å²) in [6, 6.07) is 1.65. The van der Waals surface area contributed by atoms with Crippen LogP contribution < -0.4 is 5.32 Å². The van der Waals surface area contributed by atoms with Crippen LogP contribution in [-0.2, 0) is 4.74 Å². The number of carbonyl (C=O) groups is 1. The maximum atomic E-state index is 12.0. The van der Waals surface area contributed by atoms with Crippen molar-refractivity contribution in [2.24, 2.45) is 5.41 Å². The molecule has 2 heterocycles. The van der Waals surface area contributed by atoms with E-state index in [0.717, 1.165) is 32.6 Å². The molecular formula is C14H23N3O3. The Morgan fingerprint density at radius 3 is 2.70 bits per heavy atom. The third-order valence-corrected chi connectivity index (χ3v) is 3.68. The molecule has 6 nitrogen and oxygen atoms in total. The molecule has 1 N–H and O–H groups in total. The Labute approximate surface area is 119 Å². The number of nitrogens with one attached hydrogen (secondary N) is 1. The van der Waals surface area contributed by atoms with Gasteiger partial charge in [-0.2, -0.15) is 0 Å². The van der Waals surface area contributed by atoms with Crippen LogP contribution in [0.3, 0.4) is 0 Å². The van der Waals surface area contributed by atoms with E-state index in [1.807, 2.05) is 0 Å². The molecule has 1 aromatic rings. The summed E-state index contributed by atoms with van der Waals surface area (Å²) in [4.78, 5) is 14.2. The van der Waals surface area contributed by atoms with E-state index in [1.54, 1.807) is 13.0 Å². The van der Waals surface area contributed by atoms with E-state index in [9.17, 15) is 4.79 Å². The van der Waals surface area contributed by atoms with Gasteiger partial charge in [-0.15, -0.1) is 0 Å². The first kappa shape index (κ1) is 15.0. The summed E-state index contributed by atoms with van der Waals surface area (Å²) >= 11 is 0. The number of rotatable bonds is 5. The zero-order chi connectivity index (χ0) is 14.6. The van der Waals surface area contributed by atoms with Crippen molar-refractivity contribution in [2.45, 2.75) is 19.8 Å². The molecule has 1 fully saturated rings. The molecule has 1 aliphatic heterocycles. The fraction of sp³-hybridized carbons (Fsp3) is 0.714. The summed E-state index contributed by atoms with van der Waals surface area (Å²) in [6.07, 6.45) is 1.92.